The first-order chi connectivity index (χ1) is 16.5. The van der Waals surface area contributed by atoms with Crippen LogP contribution in [0.1, 0.15) is 29.7 Å². The molecule has 7 heteroatoms. The van der Waals surface area contributed by atoms with Crippen LogP contribution in [0, 0.1) is 0 Å². The molecule has 5 rings (SSSR count). The third kappa shape index (κ3) is 3.64. The molecule has 1 N–H and O–H groups in total. The van der Waals surface area contributed by atoms with Crippen LogP contribution in [0.5, 0.6) is 5.75 Å². The first-order valence-electron chi connectivity index (χ1n) is 10.9. The van der Waals surface area contributed by atoms with Gasteiger partial charge >= 0.3 is 5.91 Å². The summed E-state index contributed by atoms with van der Waals surface area (Å²) < 4.78 is 6.13. The van der Waals surface area contributed by atoms with Crippen LogP contribution in [0.4, 0.5) is 5.13 Å². The maximum atomic E-state index is 13.3. The van der Waals surface area contributed by atoms with Crippen molar-refractivity contribution < 1.29 is 19.4 Å². The van der Waals surface area contributed by atoms with Crippen LogP contribution in [0.25, 0.3) is 16.0 Å². The van der Waals surface area contributed by atoms with Crippen LogP contribution in [0.15, 0.2) is 78.4 Å². The number of methoxy groups -OCH3 is 1. The Morgan fingerprint density at radius 1 is 1.06 bits per heavy atom. The van der Waals surface area contributed by atoms with Crippen molar-refractivity contribution in [3.8, 4) is 5.75 Å². The number of carbonyl (C=O) groups is 2. The zero-order valence-electron chi connectivity index (χ0n) is 18.7. The second-order valence-electron chi connectivity index (χ2n) is 7.96. The quantitative estimate of drug-likeness (QED) is 0.237. The molecule has 1 atom stereocenters. The Kier molecular flexibility index (Phi) is 5.63. The molecular weight excluding hydrogens is 448 g/mol. The summed E-state index contributed by atoms with van der Waals surface area (Å²) in [5, 5.41) is 11.6. The molecular formula is C27H22N2O4S. The number of aromatic nitrogens is 1. The molecule has 2 heterocycles. The number of amides is 1. The molecule has 0 radical (unpaired) electrons. The molecule has 6 nitrogen and oxygen atoms in total. The summed E-state index contributed by atoms with van der Waals surface area (Å²) in [5.41, 5.74) is 3.11. The van der Waals surface area contributed by atoms with Crippen LogP contribution in [-0.2, 0) is 16.0 Å². The number of Topliss-reactive ketones (excluding diaryl/α,β-unsaturated/α-hetero) is 1. The van der Waals surface area contributed by atoms with Gasteiger partial charge in [0.25, 0.3) is 5.78 Å². The molecule has 0 bridgehead atoms. The molecule has 0 saturated carbocycles. The number of anilines is 1. The minimum Gasteiger partial charge on any atom is -0.507 e. The van der Waals surface area contributed by atoms with Crippen molar-refractivity contribution >= 4 is 44.1 Å². The van der Waals surface area contributed by atoms with Crippen molar-refractivity contribution in [2.45, 2.75) is 19.4 Å². The maximum absolute atomic E-state index is 13.3. The van der Waals surface area contributed by atoms with Gasteiger partial charge in [-0.1, -0.05) is 54.7 Å². The van der Waals surface area contributed by atoms with Crippen LogP contribution in [0.2, 0.25) is 0 Å². The van der Waals surface area contributed by atoms with E-state index in [1.165, 1.54) is 21.8 Å². The van der Waals surface area contributed by atoms with Crippen molar-refractivity contribution in [1.29, 1.82) is 0 Å². The number of fused-ring (bicyclic) bond motifs is 1. The van der Waals surface area contributed by atoms with E-state index >= 15 is 0 Å². The van der Waals surface area contributed by atoms with Crippen molar-refractivity contribution in [3.05, 3.63) is 95.1 Å². The van der Waals surface area contributed by atoms with E-state index in [0.29, 0.717) is 22.0 Å². The lowest BCUT2D eigenvalue weighted by atomic mass is 9.95. The van der Waals surface area contributed by atoms with Gasteiger partial charge in [0.05, 0.1) is 28.9 Å². The van der Waals surface area contributed by atoms with Gasteiger partial charge in [0.1, 0.15) is 11.5 Å². The van der Waals surface area contributed by atoms with Gasteiger partial charge < -0.3 is 9.84 Å². The number of benzene rings is 3. The molecule has 1 saturated heterocycles. The Bertz CT molecular complexity index is 1420. The summed E-state index contributed by atoms with van der Waals surface area (Å²) in [6.45, 7) is 2.08. The second-order valence-corrected chi connectivity index (χ2v) is 8.97. The molecule has 170 valence electrons. The SMILES string of the molecule is CCc1ccc2nc(N3C(=O)C(=O)/C(=C(/O)c4ccc(OC)cc4)[C@H]3c3ccccc3)sc2c1. The van der Waals surface area contributed by atoms with E-state index in [4.69, 9.17) is 4.74 Å². The molecule has 4 aromatic rings. The van der Waals surface area contributed by atoms with Crippen molar-refractivity contribution in [2.75, 3.05) is 12.0 Å². The number of hydrogen-bond acceptors (Lipinski definition) is 6. The zero-order chi connectivity index (χ0) is 23.8. The lowest BCUT2D eigenvalue weighted by Gasteiger charge is -2.22. The number of ether oxygens (including phenoxy) is 1. The fraction of sp³-hybridized carbons (Fsp3) is 0.148. The lowest BCUT2D eigenvalue weighted by Crippen LogP contribution is -2.29. The predicted octanol–water partition coefficient (Wildman–Crippen LogP) is 5.49. The number of rotatable bonds is 5. The Hall–Kier alpha value is -3.97. The van der Waals surface area contributed by atoms with E-state index in [9.17, 15) is 14.7 Å². The van der Waals surface area contributed by atoms with E-state index in [1.54, 1.807) is 31.4 Å². The fourth-order valence-electron chi connectivity index (χ4n) is 4.16. The van der Waals surface area contributed by atoms with Gasteiger partial charge in [0.2, 0.25) is 0 Å². The van der Waals surface area contributed by atoms with Crippen LogP contribution in [-0.4, -0.2) is 28.9 Å². The van der Waals surface area contributed by atoms with Crippen LogP contribution >= 0.6 is 11.3 Å². The van der Waals surface area contributed by atoms with E-state index in [-0.39, 0.29) is 11.3 Å². The topological polar surface area (TPSA) is 79.7 Å². The van der Waals surface area contributed by atoms with Gasteiger partial charge in [-0.05, 0) is 53.9 Å². The monoisotopic (exact) mass is 470 g/mol. The highest BCUT2D eigenvalue weighted by molar-refractivity contribution is 7.22. The van der Waals surface area contributed by atoms with E-state index in [2.05, 4.69) is 18.0 Å². The van der Waals surface area contributed by atoms with Gasteiger partial charge in [-0.2, -0.15) is 0 Å². The molecule has 0 spiro atoms. The number of hydrogen-bond donors (Lipinski definition) is 1. The van der Waals surface area contributed by atoms with Gasteiger partial charge in [-0.25, -0.2) is 4.98 Å². The third-order valence-corrected chi connectivity index (χ3v) is 7.00. The molecule has 0 unspecified atom stereocenters. The zero-order valence-corrected chi connectivity index (χ0v) is 19.5. The molecule has 34 heavy (non-hydrogen) atoms. The van der Waals surface area contributed by atoms with Gasteiger partial charge in [-0.3, -0.25) is 14.5 Å². The van der Waals surface area contributed by atoms with Crippen molar-refractivity contribution in [1.82, 2.24) is 4.98 Å². The maximum Gasteiger partial charge on any atom is 0.301 e. The second kappa shape index (κ2) is 8.76. The third-order valence-electron chi connectivity index (χ3n) is 5.98. The highest BCUT2D eigenvalue weighted by atomic mass is 32.1. The summed E-state index contributed by atoms with van der Waals surface area (Å²) in [6, 6.07) is 21.1. The summed E-state index contributed by atoms with van der Waals surface area (Å²) in [6.07, 6.45) is 0.888. The predicted molar refractivity (Wildman–Crippen MR) is 133 cm³/mol. The average Bonchev–Trinajstić information content (AvgIpc) is 3.41. The Balaban J connectivity index is 1.69. The first kappa shape index (κ1) is 21.9. The molecule has 0 aliphatic carbocycles. The summed E-state index contributed by atoms with van der Waals surface area (Å²) >= 11 is 1.36. The lowest BCUT2D eigenvalue weighted by molar-refractivity contribution is -0.132. The summed E-state index contributed by atoms with van der Waals surface area (Å²) in [4.78, 5) is 32.7. The molecule has 1 aliphatic rings. The van der Waals surface area contributed by atoms with Gasteiger partial charge in [-0.15, -0.1) is 0 Å². The minimum atomic E-state index is -0.797. The van der Waals surface area contributed by atoms with Gasteiger partial charge in [0.15, 0.2) is 5.13 Å². The smallest absolute Gasteiger partial charge is 0.301 e. The standard InChI is InChI=1S/C27H22N2O4S/c1-3-16-9-14-20-21(15-16)34-27(28-20)29-23(17-7-5-4-6-8-17)22(25(31)26(29)32)24(30)18-10-12-19(33-2)13-11-18/h4-15,23,30H,3H2,1-2H3/b24-22+/t23-/m1/s1. The largest absolute Gasteiger partial charge is 0.507 e. The van der Waals surface area contributed by atoms with Crippen molar-refractivity contribution in [3.63, 3.8) is 0 Å². The van der Waals surface area contributed by atoms with Gasteiger partial charge in [0, 0.05) is 5.56 Å². The average molecular weight is 471 g/mol. The molecule has 3 aromatic carbocycles. The van der Waals surface area contributed by atoms with Crippen molar-refractivity contribution in [2.24, 2.45) is 0 Å². The highest BCUT2D eigenvalue weighted by Gasteiger charge is 2.48. The van der Waals surface area contributed by atoms with Crippen LogP contribution in [0.3, 0.4) is 0 Å². The van der Waals surface area contributed by atoms with Crippen LogP contribution < -0.4 is 9.64 Å². The van der Waals surface area contributed by atoms with E-state index < -0.39 is 17.7 Å². The molecule has 1 fully saturated rings. The number of aryl methyl sites for hydroxylation is 1. The number of aliphatic hydroxyl groups is 1. The Morgan fingerprint density at radius 2 is 1.79 bits per heavy atom. The number of ketones is 1. The van der Waals surface area contributed by atoms with E-state index in [0.717, 1.165) is 16.6 Å². The molecule has 1 aromatic heterocycles. The number of nitrogens with zero attached hydrogens (tertiary/aromatic N) is 2. The molecule has 1 amide bonds. The Morgan fingerprint density at radius 3 is 2.47 bits per heavy atom. The summed E-state index contributed by atoms with van der Waals surface area (Å²) in [5.74, 6) is -1.06. The Labute approximate surface area is 200 Å². The minimum absolute atomic E-state index is 0.0369. The van der Waals surface area contributed by atoms with E-state index in [1.807, 2.05) is 42.5 Å². The number of carbonyl (C=O) groups excluding carboxylic acids is 2. The summed E-state index contributed by atoms with van der Waals surface area (Å²) in [7, 11) is 1.55. The first-order valence-corrected chi connectivity index (χ1v) is 11.7. The normalized spacial score (nSPS) is 17.5. The molecule has 1 aliphatic heterocycles. The fourth-order valence-corrected chi connectivity index (χ4v) is 5.22. The number of thiazole rings is 1. The number of aliphatic hydroxyl groups excluding tert-OH is 1. The highest BCUT2D eigenvalue weighted by Crippen LogP contribution is 2.44.